The Kier molecular flexibility index (Phi) is 6.23. The first-order chi connectivity index (χ1) is 13.3. The average Bonchev–Trinajstić information content (AvgIpc) is 3.21. The van der Waals surface area contributed by atoms with Crippen LogP contribution in [0.4, 0.5) is 10.1 Å². The van der Waals surface area contributed by atoms with Crippen molar-refractivity contribution < 1.29 is 17.6 Å². The van der Waals surface area contributed by atoms with Crippen molar-refractivity contribution in [2.24, 2.45) is 0 Å². The molecule has 0 fully saturated rings. The molecule has 0 aliphatic heterocycles. The van der Waals surface area contributed by atoms with Gasteiger partial charge < -0.3 is 5.32 Å². The lowest BCUT2D eigenvalue weighted by Crippen LogP contribution is -2.45. The molecule has 5 nitrogen and oxygen atoms in total. The van der Waals surface area contributed by atoms with Crippen LogP contribution in [0, 0.1) is 12.7 Å². The molecule has 3 aromatic rings. The van der Waals surface area contributed by atoms with E-state index in [-0.39, 0.29) is 16.3 Å². The number of halogens is 1. The molecule has 2 aromatic carbocycles. The largest absolute Gasteiger partial charge is 0.325 e. The van der Waals surface area contributed by atoms with Crippen LogP contribution in [-0.4, -0.2) is 20.4 Å². The second-order valence-corrected chi connectivity index (χ2v) is 9.14. The van der Waals surface area contributed by atoms with E-state index in [2.05, 4.69) is 10.0 Å². The molecular weight excluding hydrogens is 399 g/mol. The van der Waals surface area contributed by atoms with Gasteiger partial charge in [0.2, 0.25) is 5.91 Å². The molecule has 8 heteroatoms. The molecule has 0 aliphatic carbocycles. The standard InChI is InChI=1S/C20H19FN2O3S2/c1-14-9-10-16(13-17(14)21)22-20(24)18(12-15-6-3-2-4-7-15)23-28(25,26)19-8-5-11-27-19/h2-11,13,18,23H,12H2,1H3,(H,22,24). The highest BCUT2D eigenvalue weighted by atomic mass is 32.2. The zero-order valence-corrected chi connectivity index (χ0v) is 16.7. The van der Waals surface area contributed by atoms with Crippen LogP contribution in [0.15, 0.2) is 70.3 Å². The number of hydrogen-bond donors (Lipinski definition) is 2. The maximum atomic E-state index is 13.8. The van der Waals surface area contributed by atoms with Crippen LogP contribution >= 0.6 is 11.3 Å². The minimum Gasteiger partial charge on any atom is -0.325 e. The van der Waals surface area contributed by atoms with Gasteiger partial charge in [-0.3, -0.25) is 4.79 Å². The van der Waals surface area contributed by atoms with Gasteiger partial charge in [0.05, 0.1) is 0 Å². The molecule has 28 heavy (non-hydrogen) atoms. The SMILES string of the molecule is Cc1ccc(NC(=O)C(Cc2ccccc2)NS(=O)(=O)c2cccs2)cc1F. The summed E-state index contributed by atoms with van der Waals surface area (Å²) in [5.74, 6) is -1.01. The highest BCUT2D eigenvalue weighted by Crippen LogP contribution is 2.18. The van der Waals surface area contributed by atoms with Crippen molar-refractivity contribution in [2.75, 3.05) is 5.32 Å². The van der Waals surface area contributed by atoms with E-state index >= 15 is 0 Å². The number of benzene rings is 2. The summed E-state index contributed by atoms with van der Waals surface area (Å²) in [5.41, 5.74) is 1.52. The van der Waals surface area contributed by atoms with Gasteiger partial charge in [-0.2, -0.15) is 4.72 Å². The van der Waals surface area contributed by atoms with Gasteiger partial charge in [-0.25, -0.2) is 12.8 Å². The van der Waals surface area contributed by atoms with Crippen molar-refractivity contribution in [1.82, 2.24) is 4.72 Å². The van der Waals surface area contributed by atoms with E-state index in [4.69, 9.17) is 0 Å². The first-order valence-electron chi connectivity index (χ1n) is 8.52. The molecule has 2 N–H and O–H groups in total. The lowest BCUT2D eigenvalue weighted by atomic mass is 10.1. The molecule has 0 bridgehead atoms. The fourth-order valence-electron chi connectivity index (χ4n) is 2.60. The second-order valence-electron chi connectivity index (χ2n) is 6.25. The number of amides is 1. The highest BCUT2D eigenvalue weighted by molar-refractivity contribution is 7.91. The molecular formula is C20H19FN2O3S2. The first kappa shape index (κ1) is 20.2. The molecule has 3 rings (SSSR count). The minimum atomic E-state index is -3.85. The summed E-state index contributed by atoms with van der Waals surface area (Å²) in [6.07, 6.45) is 0.158. The van der Waals surface area contributed by atoms with Crippen LogP contribution in [0.25, 0.3) is 0 Å². The molecule has 0 saturated carbocycles. The Labute approximate surface area is 167 Å². The maximum Gasteiger partial charge on any atom is 0.250 e. The molecule has 1 amide bonds. The Bertz CT molecular complexity index is 1050. The number of thiophene rings is 1. The number of anilines is 1. The number of hydrogen-bond acceptors (Lipinski definition) is 4. The van der Waals surface area contributed by atoms with E-state index in [1.807, 2.05) is 30.3 Å². The lowest BCUT2D eigenvalue weighted by molar-refractivity contribution is -0.117. The van der Waals surface area contributed by atoms with Crippen LogP contribution < -0.4 is 10.0 Å². The van der Waals surface area contributed by atoms with Gasteiger partial charge in [-0.1, -0.05) is 42.5 Å². The van der Waals surface area contributed by atoms with E-state index in [0.29, 0.717) is 5.56 Å². The molecule has 1 atom stereocenters. The molecule has 0 radical (unpaired) electrons. The summed E-state index contributed by atoms with van der Waals surface area (Å²) >= 11 is 1.07. The van der Waals surface area contributed by atoms with Crippen molar-refractivity contribution >= 4 is 33.0 Å². The fraction of sp³-hybridized carbons (Fsp3) is 0.150. The highest BCUT2D eigenvalue weighted by Gasteiger charge is 2.27. The Hall–Kier alpha value is -2.55. The van der Waals surface area contributed by atoms with Crippen LogP contribution in [0.3, 0.4) is 0 Å². The molecule has 146 valence electrons. The number of rotatable bonds is 7. The summed E-state index contributed by atoms with van der Waals surface area (Å²) in [5, 5.41) is 4.24. The molecule has 1 aromatic heterocycles. The molecule has 0 saturated heterocycles. The van der Waals surface area contributed by atoms with Crippen LogP contribution in [-0.2, 0) is 21.2 Å². The van der Waals surface area contributed by atoms with Crippen molar-refractivity contribution in [3.63, 3.8) is 0 Å². The second kappa shape index (κ2) is 8.64. The number of sulfonamides is 1. The molecule has 1 heterocycles. The third-order valence-electron chi connectivity index (χ3n) is 4.10. The Morgan fingerprint density at radius 1 is 1.11 bits per heavy atom. The molecule has 0 aliphatic rings. The number of carbonyl (C=O) groups is 1. The maximum absolute atomic E-state index is 13.8. The zero-order valence-electron chi connectivity index (χ0n) is 15.1. The van der Waals surface area contributed by atoms with Gasteiger partial charge in [0.1, 0.15) is 16.1 Å². The zero-order chi connectivity index (χ0) is 20.1. The van der Waals surface area contributed by atoms with E-state index in [9.17, 15) is 17.6 Å². The van der Waals surface area contributed by atoms with E-state index in [1.165, 1.54) is 12.1 Å². The third kappa shape index (κ3) is 5.03. The predicted octanol–water partition coefficient (Wildman–Crippen LogP) is 3.72. The fourth-order valence-corrected chi connectivity index (χ4v) is 4.80. The smallest absolute Gasteiger partial charge is 0.250 e. The van der Waals surface area contributed by atoms with Gasteiger partial charge >= 0.3 is 0 Å². The summed E-state index contributed by atoms with van der Waals surface area (Å²) < 4.78 is 41.6. The van der Waals surface area contributed by atoms with E-state index in [0.717, 1.165) is 16.9 Å². The van der Waals surface area contributed by atoms with Crippen LogP contribution in [0.5, 0.6) is 0 Å². The average molecular weight is 419 g/mol. The van der Waals surface area contributed by atoms with Crippen molar-refractivity contribution in [1.29, 1.82) is 0 Å². The number of carbonyl (C=O) groups excluding carboxylic acids is 1. The van der Waals surface area contributed by atoms with Crippen LogP contribution in [0.1, 0.15) is 11.1 Å². The third-order valence-corrected chi connectivity index (χ3v) is 6.97. The lowest BCUT2D eigenvalue weighted by Gasteiger charge is -2.18. The van der Waals surface area contributed by atoms with Crippen molar-refractivity contribution in [3.05, 3.63) is 83.0 Å². The molecule has 0 spiro atoms. The number of aryl methyl sites for hydroxylation is 1. The Morgan fingerprint density at radius 3 is 2.50 bits per heavy atom. The summed E-state index contributed by atoms with van der Waals surface area (Å²) in [7, 11) is -3.85. The monoisotopic (exact) mass is 418 g/mol. The molecule has 1 unspecified atom stereocenters. The summed E-state index contributed by atoms with van der Waals surface area (Å²) in [6, 6.07) is 15.5. The topological polar surface area (TPSA) is 75.3 Å². The minimum absolute atomic E-state index is 0.125. The van der Waals surface area contributed by atoms with Gasteiger partial charge in [-0.15, -0.1) is 11.3 Å². The van der Waals surface area contributed by atoms with E-state index in [1.54, 1.807) is 30.5 Å². The predicted molar refractivity (Wildman–Crippen MR) is 108 cm³/mol. The number of nitrogens with one attached hydrogen (secondary N) is 2. The van der Waals surface area contributed by atoms with Gasteiger partial charge in [0, 0.05) is 5.69 Å². The first-order valence-corrected chi connectivity index (χ1v) is 10.9. The van der Waals surface area contributed by atoms with E-state index < -0.39 is 27.8 Å². The Morgan fingerprint density at radius 2 is 1.86 bits per heavy atom. The van der Waals surface area contributed by atoms with Gasteiger partial charge in [0.25, 0.3) is 10.0 Å². The summed E-state index contributed by atoms with van der Waals surface area (Å²) in [4.78, 5) is 12.8. The van der Waals surface area contributed by atoms with Crippen molar-refractivity contribution in [3.8, 4) is 0 Å². The quantitative estimate of drug-likeness (QED) is 0.614. The normalized spacial score (nSPS) is 12.5. The summed E-state index contributed by atoms with van der Waals surface area (Å²) in [6.45, 7) is 1.62. The van der Waals surface area contributed by atoms with Gasteiger partial charge in [0.15, 0.2) is 0 Å². The van der Waals surface area contributed by atoms with Crippen LogP contribution in [0.2, 0.25) is 0 Å². The Balaban J connectivity index is 1.84. The van der Waals surface area contributed by atoms with Crippen molar-refractivity contribution in [2.45, 2.75) is 23.6 Å². The van der Waals surface area contributed by atoms with Gasteiger partial charge in [-0.05, 0) is 48.1 Å².